The minimum Gasteiger partial charge on any atom is -0.376 e. The van der Waals surface area contributed by atoms with Crippen molar-refractivity contribution in [3.63, 3.8) is 0 Å². The van der Waals surface area contributed by atoms with Crippen LogP contribution in [0.25, 0.3) is 0 Å². The van der Waals surface area contributed by atoms with Crippen molar-refractivity contribution >= 4 is 24.2 Å². The minimum atomic E-state index is 0.235. The van der Waals surface area contributed by atoms with Crippen molar-refractivity contribution < 1.29 is 4.74 Å². The van der Waals surface area contributed by atoms with Gasteiger partial charge >= 0.3 is 0 Å². The summed E-state index contributed by atoms with van der Waals surface area (Å²) in [5.74, 6) is 0.898. The third-order valence-corrected chi connectivity index (χ3v) is 4.41. The van der Waals surface area contributed by atoms with Gasteiger partial charge in [-0.1, -0.05) is 50.4 Å². The molecule has 0 aliphatic rings. The summed E-state index contributed by atoms with van der Waals surface area (Å²) in [6.07, 6.45) is 4.74. The molecular formula is C16H25ClOS. The lowest BCUT2D eigenvalue weighted by molar-refractivity contribution is 0.0350. The van der Waals surface area contributed by atoms with E-state index in [0.29, 0.717) is 6.61 Å². The van der Waals surface area contributed by atoms with E-state index in [9.17, 15) is 0 Å². The van der Waals surface area contributed by atoms with E-state index >= 15 is 0 Å². The third kappa shape index (κ3) is 5.76. The largest absolute Gasteiger partial charge is 0.376 e. The van der Waals surface area contributed by atoms with Crippen LogP contribution in [0.4, 0.5) is 0 Å². The van der Waals surface area contributed by atoms with Crippen molar-refractivity contribution in [1.82, 2.24) is 0 Å². The van der Waals surface area contributed by atoms with Crippen LogP contribution >= 0.6 is 24.2 Å². The second-order valence-electron chi connectivity index (χ2n) is 5.28. The van der Waals surface area contributed by atoms with Gasteiger partial charge < -0.3 is 4.74 Å². The maximum Gasteiger partial charge on any atom is 0.0717 e. The molecule has 19 heavy (non-hydrogen) atoms. The summed E-state index contributed by atoms with van der Waals surface area (Å²) in [6.45, 7) is 5.90. The molecule has 0 saturated carbocycles. The number of benzene rings is 1. The zero-order chi connectivity index (χ0) is 14.1. The fraction of sp³-hybridized carbons (Fsp3) is 0.625. The normalized spacial score (nSPS) is 11.8. The Morgan fingerprint density at radius 3 is 2.16 bits per heavy atom. The van der Waals surface area contributed by atoms with Crippen LogP contribution in [0.1, 0.15) is 45.1 Å². The summed E-state index contributed by atoms with van der Waals surface area (Å²) in [5, 5.41) is 0.769. The monoisotopic (exact) mass is 300 g/mol. The van der Waals surface area contributed by atoms with Crippen LogP contribution in [-0.4, -0.2) is 12.4 Å². The van der Waals surface area contributed by atoms with Crippen molar-refractivity contribution in [2.45, 2.75) is 46.1 Å². The van der Waals surface area contributed by atoms with E-state index in [4.69, 9.17) is 16.3 Å². The van der Waals surface area contributed by atoms with Gasteiger partial charge in [-0.2, -0.15) is 12.6 Å². The van der Waals surface area contributed by atoms with Crippen molar-refractivity contribution in [2.75, 3.05) is 12.4 Å². The maximum absolute atomic E-state index is 5.93. The number of rotatable bonds is 9. The van der Waals surface area contributed by atoms with Crippen LogP contribution in [0, 0.1) is 5.41 Å². The van der Waals surface area contributed by atoms with Gasteiger partial charge in [0.1, 0.15) is 0 Å². The van der Waals surface area contributed by atoms with Gasteiger partial charge in [-0.15, -0.1) is 0 Å². The molecule has 3 heteroatoms. The number of halogens is 1. The summed E-state index contributed by atoms with van der Waals surface area (Å²) in [7, 11) is 0. The molecule has 0 saturated heterocycles. The Morgan fingerprint density at radius 2 is 1.68 bits per heavy atom. The highest BCUT2D eigenvalue weighted by Crippen LogP contribution is 2.32. The summed E-state index contributed by atoms with van der Waals surface area (Å²) in [4.78, 5) is 0. The van der Waals surface area contributed by atoms with Gasteiger partial charge in [0.2, 0.25) is 0 Å². The fourth-order valence-corrected chi connectivity index (χ4v) is 3.03. The SMILES string of the molecule is CCCC(CS)(CCC)COCc1ccc(Cl)cc1. The molecule has 0 amide bonds. The van der Waals surface area contributed by atoms with Crippen LogP contribution in [-0.2, 0) is 11.3 Å². The second-order valence-corrected chi connectivity index (χ2v) is 6.03. The lowest BCUT2D eigenvalue weighted by Gasteiger charge is -2.31. The number of ether oxygens (including phenoxy) is 1. The Hall–Kier alpha value is -0.180. The molecule has 1 aromatic rings. The van der Waals surface area contributed by atoms with Crippen LogP contribution in [0.3, 0.4) is 0 Å². The van der Waals surface area contributed by atoms with Gasteiger partial charge in [-0.05, 0) is 36.3 Å². The summed E-state index contributed by atoms with van der Waals surface area (Å²) >= 11 is 10.4. The molecule has 1 rings (SSSR count). The number of hydrogen-bond acceptors (Lipinski definition) is 2. The van der Waals surface area contributed by atoms with Gasteiger partial charge in [0.15, 0.2) is 0 Å². The Balaban J connectivity index is 2.49. The van der Waals surface area contributed by atoms with E-state index < -0.39 is 0 Å². The van der Waals surface area contributed by atoms with Crippen LogP contribution in [0.5, 0.6) is 0 Å². The molecule has 0 spiro atoms. The first kappa shape index (κ1) is 16.9. The Kier molecular flexibility index (Phi) is 7.89. The van der Waals surface area contributed by atoms with Crippen LogP contribution in [0.2, 0.25) is 5.02 Å². The Bertz CT molecular complexity index is 344. The predicted molar refractivity (Wildman–Crippen MR) is 87.2 cm³/mol. The average Bonchev–Trinajstić information content (AvgIpc) is 2.41. The van der Waals surface area contributed by atoms with E-state index in [-0.39, 0.29) is 5.41 Å². The van der Waals surface area contributed by atoms with Gasteiger partial charge in [-0.3, -0.25) is 0 Å². The topological polar surface area (TPSA) is 9.23 Å². The first-order valence-corrected chi connectivity index (χ1v) is 8.10. The van der Waals surface area contributed by atoms with E-state index in [2.05, 4.69) is 26.5 Å². The Labute approximate surface area is 128 Å². The van der Waals surface area contributed by atoms with Crippen molar-refractivity contribution in [1.29, 1.82) is 0 Å². The lowest BCUT2D eigenvalue weighted by Crippen LogP contribution is -2.29. The molecule has 0 bridgehead atoms. The first-order chi connectivity index (χ1) is 9.15. The first-order valence-electron chi connectivity index (χ1n) is 7.09. The van der Waals surface area contributed by atoms with Gasteiger partial charge in [0.25, 0.3) is 0 Å². The molecule has 0 aliphatic carbocycles. The highest BCUT2D eigenvalue weighted by Gasteiger charge is 2.27. The molecule has 0 aromatic heterocycles. The molecule has 0 N–H and O–H groups in total. The number of thiol groups is 1. The quantitative estimate of drug-likeness (QED) is 0.603. The third-order valence-electron chi connectivity index (χ3n) is 3.49. The maximum atomic E-state index is 5.93. The second kappa shape index (κ2) is 8.89. The molecule has 1 aromatic carbocycles. The van der Waals surface area contributed by atoms with Crippen LogP contribution < -0.4 is 0 Å². The molecule has 0 aliphatic heterocycles. The standard InChI is InChI=1S/C16H25ClOS/c1-3-9-16(13-19,10-4-2)12-18-11-14-5-7-15(17)8-6-14/h5-8,19H,3-4,9-13H2,1-2H3. The molecule has 0 atom stereocenters. The van der Waals surface area contributed by atoms with Gasteiger partial charge in [0.05, 0.1) is 13.2 Å². The fourth-order valence-electron chi connectivity index (χ4n) is 2.50. The van der Waals surface area contributed by atoms with E-state index in [1.807, 2.05) is 24.3 Å². The van der Waals surface area contributed by atoms with E-state index in [1.54, 1.807) is 0 Å². The predicted octanol–water partition coefficient (Wildman–Crippen LogP) is 5.37. The highest BCUT2D eigenvalue weighted by molar-refractivity contribution is 7.80. The Morgan fingerprint density at radius 1 is 1.11 bits per heavy atom. The minimum absolute atomic E-state index is 0.235. The van der Waals surface area contributed by atoms with E-state index in [0.717, 1.165) is 17.4 Å². The molecule has 0 unspecified atom stereocenters. The summed E-state index contributed by atoms with van der Waals surface area (Å²) < 4.78 is 5.93. The zero-order valence-corrected chi connectivity index (χ0v) is 13.6. The van der Waals surface area contributed by atoms with Crippen molar-refractivity contribution in [2.24, 2.45) is 5.41 Å². The van der Waals surface area contributed by atoms with Crippen molar-refractivity contribution in [3.8, 4) is 0 Å². The molecule has 1 nitrogen and oxygen atoms in total. The van der Waals surface area contributed by atoms with E-state index in [1.165, 1.54) is 31.2 Å². The van der Waals surface area contributed by atoms with Gasteiger partial charge in [-0.25, -0.2) is 0 Å². The molecule has 0 radical (unpaired) electrons. The zero-order valence-electron chi connectivity index (χ0n) is 12.0. The molecule has 0 fully saturated rings. The average molecular weight is 301 g/mol. The molecule has 108 valence electrons. The molecular weight excluding hydrogens is 276 g/mol. The summed E-state index contributed by atoms with van der Waals surface area (Å²) in [5.41, 5.74) is 1.41. The molecule has 0 heterocycles. The van der Waals surface area contributed by atoms with Crippen LogP contribution in [0.15, 0.2) is 24.3 Å². The van der Waals surface area contributed by atoms with Crippen molar-refractivity contribution in [3.05, 3.63) is 34.9 Å². The highest BCUT2D eigenvalue weighted by atomic mass is 35.5. The number of hydrogen-bond donors (Lipinski definition) is 1. The summed E-state index contributed by atoms with van der Waals surface area (Å²) in [6, 6.07) is 7.85. The van der Waals surface area contributed by atoms with Gasteiger partial charge in [0, 0.05) is 10.4 Å². The smallest absolute Gasteiger partial charge is 0.0717 e. The lowest BCUT2D eigenvalue weighted by atomic mass is 9.82.